The second kappa shape index (κ2) is 11.6. The number of sulfonamides is 1. The van der Waals surface area contributed by atoms with Crippen molar-refractivity contribution >= 4 is 21.6 Å². The normalized spacial score (nSPS) is 12.2. The summed E-state index contributed by atoms with van der Waals surface area (Å²) in [4.78, 5) is 12.8. The number of ether oxygens (including phenoxy) is 1. The van der Waals surface area contributed by atoms with Crippen LogP contribution in [-0.4, -0.2) is 34.5 Å². The lowest BCUT2D eigenvalue weighted by Crippen LogP contribution is -2.42. The highest BCUT2D eigenvalue weighted by Crippen LogP contribution is 2.25. The van der Waals surface area contributed by atoms with E-state index in [1.807, 2.05) is 0 Å². The average molecular weight is 433 g/mol. The summed E-state index contributed by atoms with van der Waals surface area (Å²) >= 11 is 0. The first-order valence-electron chi connectivity index (χ1n) is 10.4. The van der Waals surface area contributed by atoms with Crippen molar-refractivity contribution < 1.29 is 17.9 Å². The SMILES string of the molecule is CCCCC(CC)CNC(=O)CN(c1ccc(OC)cc1)S(=O)(=O)c1ccccc1. The quantitative estimate of drug-likeness (QED) is 0.545. The molecule has 7 heteroatoms. The third kappa shape index (κ3) is 6.49. The van der Waals surface area contributed by atoms with Gasteiger partial charge in [-0.2, -0.15) is 0 Å². The first-order chi connectivity index (χ1) is 14.4. The fourth-order valence-electron chi connectivity index (χ4n) is 3.17. The third-order valence-electron chi connectivity index (χ3n) is 5.11. The standard InChI is InChI=1S/C23H32N2O4S/c1-4-6-10-19(5-2)17-24-23(26)18-25(20-13-15-21(29-3)16-14-20)30(27,28)22-11-8-7-9-12-22/h7-9,11-16,19H,4-6,10,17-18H2,1-3H3,(H,24,26). The van der Waals surface area contributed by atoms with Crippen molar-refractivity contribution in [3.8, 4) is 5.75 Å². The van der Waals surface area contributed by atoms with Gasteiger partial charge in [-0.25, -0.2) is 8.42 Å². The Morgan fingerprint density at radius 2 is 1.73 bits per heavy atom. The van der Waals surface area contributed by atoms with E-state index in [0.29, 0.717) is 23.9 Å². The minimum Gasteiger partial charge on any atom is -0.497 e. The van der Waals surface area contributed by atoms with Crippen LogP contribution in [0.25, 0.3) is 0 Å². The van der Waals surface area contributed by atoms with Crippen LogP contribution in [0, 0.1) is 5.92 Å². The third-order valence-corrected chi connectivity index (χ3v) is 6.90. The molecule has 0 saturated carbocycles. The van der Waals surface area contributed by atoms with E-state index in [4.69, 9.17) is 4.74 Å². The van der Waals surface area contributed by atoms with E-state index in [9.17, 15) is 13.2 Å². The molecule has 1 amide bonds. The van der Waals surface area contributed by atoms with Crippen LogP contribution in [0.2, 0.25) is 0 Å². The van der Waals surface area contributed by atoms with Gasteiger partial charge in [0.25, 0.3) is 10.0 Å². The van der Waals surface area contributed by atoms with E-state index in [0.717, 1.165) is 30.0 Å². The molecule has 1 N–H and O–H groups in total. The molecule has 2 rings (SSSR count). The predicted molar refractivity (Wildman–Crippen MR) is 120 cm³/mol. The van der Waals surface area contributed by atoms with Gasteiger partial charge in [0.2, 0.25) is 5.91 Å². The lowest BCUT2D eigenvalue weighted by atomic mass is 9.99. The Labute approximate surface area is 180 Å². The number of hydrogen-bond donors (Lipinski definition) is 1. The highest BCUT2D eigenvalue weighted by Gasteiger charge is 2.27. The summed E-state index contributed by atoms with van der Waals surface area (Å²) in [5.74, 6) is 0.691. The summed E-state index contributed by atoms with van der Waals surface area (Å²) in [5.41, 5.74) is 0.410. The van der Waals surface area contributed by atoms with Crippen molar-refractivity contribution in [1.82, 2.24) is 5.32 Å². The number of benzene rings is 2. The molecule has 6 nitrogen and oxygen atoms in total. The minimum absolute atomic E-state index is 0.142. The van der Waals surface area contributed by atoms with Crippen LogP contribution in [0.15, 0.2) is 59.5 Å². The lowest BCUT2D eigenvalue weighted by Gasteiger charge is -2.25. The highest BCUT2D eigenvalue weighted by molar-refractivity contribution is 7.92. The smallest absolute Gasteiger partial charge is 0.264 e. The number of methoxy groups -OCH3 is 1. The fourth-order valence-corrected chi connectivity index (χ4v) is 4.61. The molecule has 0 aliphatic carbocycles. The molecule has 0 aromatic heterocycles. The van der Waals surface area contributed by atoms with Gasteiger partial charge in [-0.05, 0) is 48.7 Å². The topological polar surface area (TPSA) is 75.7 Å². The minimum atomic E-state index is -3.90. The molecule has 2 aromatic carbocycles. The average Bonchev–Trinajstić information content (AvgIpc) is 2.78. The van der Waals surface area contributed by atoms with Crippen LogP contribution < -0.4 is 14.4 Å². The molecule has 0 saturated heterocycles. The number of anilines is 1. The summed E-state index contributed by atoms with van der Waals surface area (Å²) in [6.45, 7) is 4.52. The van der Waals surface area contributed by atoms with Crippen LogP contribution in [0.3, 0.4) is 0 Å². The molecular formula is C23H32N2O4S. The monoisotopic (exact) mass is 432 g/mol. The zero-order valence-corrected chi connectivity index (χ0v) is 18.8. The number of nitrogens with one attached hydrogen (secondary N) is 1. The summed E-state index contributed by atoms with van der Waals surface area (Å²) in [5, 5.41) is 2.92. The molecule has 164 valence electrons. The molecule has 2 aromatic rings. The van der Waals surface area contributed by atoms with Gasteiger partial charge in [-0.3, -0.25) is 9.10 Å². The number of carbonyl (C=O) groups is 1. The van der Waals surface area contributed by atoms with Gasteiger partial charge < -0.3 is 10.1 Å². The van der Waals surface area contributed by atoms with Crippen LogP contribution in [0.4, 0.5) is 5.69 Å². The summed E-state index contributed by atoms with van der Waals surface area (Å²) in [6.07, 6.45) is 4.27. The number of nitrogens with zero attached hydrogens (tertiary/aromatic N) is 1. The van der Waals surface area contributed by atoms with Crippen LogP contribution in [0.1, 0.15) is 39.5 Å². The van der Waals surface area contributed by atoms with Crippen molar-refractivity contribution in [3.05, 3.63) is 54.6 Å². The number of carbonyl (C=O) groups excluding carboxylic acids is 1. The van der Waals surface area contributed by atoms with Crippen LogP contribution >= 0.6 is 0 Å². The number of hydrogen-bond acceptors (Lipinski definition) is 4. The van der Waals surface area contributed by atoms with Crippen molar-refractivity contribution in [2.24, 2.45) is 5.92 Å². The van der Waals surface area contributed by atoms with Gasteiger partial charge in [0.05, 0.1) is 17.7 Å². The maximum Gasteiger partial charge on any atom is 0.264 e. The maximum absolute atomic E-state index is 13.3. The van der Waals surface area contributed by atoms with Gasteiger partial charge in [-0.15, -0.1) is 0 Å². The van der Waals surface area contributed by atoms with E-state index in [1.165, 1.54) is 12.1 Å². The Kier molecular flexibility index (Phi) is 9.17. The zero-order valence-electron chi connectivity index (χ0n) is 18.0. The molecular weight excluding hydrogens is 400 g/mol. The highest BCUT2D eigenvalue weighted by atomic mass is 32.2. The Morgan fingerprint density at radius 3 is 2.30 bits per heavy atom. The zero-order chi connectivity index (χ0) is 22.0. The molecule has 30 heavy (non-hydrogen) atoms. The van der Waals surface area contributed by atoms with Gasteiger partial charge in [0.1, 0.15) is 12.3 Å². The second-order valence-electron chi connectivity index (χ2n) is 7.24. The largest absolute Gasteiger partial charge is 0.497 e. The summed E-state index contributed by atoms with van der Waals surface area (Å²) in [7, 11) is -2.35. The second-order valence-corrected chi connectivity index (χ2v) is 9.11. The predicted octanol–water partition coefficient (Wildman–Crippen LogP) is 4.22. The van der Waals surface area contributed by atoms with E-state index < -0.39 is 10.0 Å². The molecule has 0 radical (unpaired) electrons. The number of amides is 1. The number of rotatable bonds is 12. The maximum atomic E-state index is 13.3. The first-order valence-corrected chi connectivity index (χ1v) is 11.8. The molecule has 1 atom stereocenters. The van der Waals surface area contributed by atoms with Gasteiger partial charge in [0, 0.05) is 6.54 Å². The van der Waals surface area contributed by atoms with Gasteiger partial charge >= 0.3 is 0 Å². The number of unbranched alkanes of at least 4 members (excludes halogenated alkanes) is 1. The van der Waals surface area contributed by atoms with Crippen molar-refractivity contribution in [1.29, 1.82) is 0 Å². The Bertz CT molecular complexity index is 883. The fraction of sp³-hybridized carbons (Fsp3) is 0.435. The molecule has 1 unspecified atom stereocenters. The summed E-state index contributed by atoms with van der Waals surface area (Å²) < 4.78 is 32.9. The van der Waals surface area contributed by atoms with E-state index >= 15 is 0 Å². The van der Waals surface area contributed by atoms with Gasteiger partial charge in [0.15, 0.2) is 0 Å². The van der Waals surface area contributed by atoms with E-state index in [2.05, 4.69) is 19.2 Å². The first kappa shape index (κ1) is 23.7. The lowest BCUT2D eigenvalue weighted by molar-refractivity contribution is -0.119. The van der Waals surface area contributed by atoms with Crippen molar-refractivity contribution in [2.75, 3.05) is 24.5 Å². The summed E-state index contributed by atoms with van der Waals surface area (Å²) in [6, 6.07) is 14.8. The van der Waals surface area contributed by atoms with Crippen LogP contribution in [-0.2, 0) is 14.8 Å². The van der Waals surface area contributed by atoms with Gasteiger partial charge in [-0.1, -0.05) is 51.3 Å². The van der Waals surface area contributed by atoms with E-state index in [-0.39, 0.29) is 17.3 Å². The molecule has 0 spiro atoms. The molecule has 0 aliphatic rings. The Balaban J connectivity index is 2.22. The Hall–Kier alpha value is -2.54. The molecule has 0 heterocycles. The van der Waals surface area contributed by atoms with Crippen molar-refractivity contribution in [2.45, 2.75) is 44.4 Å². The van der Waals surface area contributed by atoms with E-state index in [1.54, 1.807) is 49.6 Å². The molecule has 0 bridgehead atoms. The Morgan fingerprint density at radius 1 is 1.07 bits per heavy atom. The van der Waals surface area contributed by atoms with Crippen molar-refractivity contribution in [3.63, 3.8) is 0 Å². The molecule has 0 fully saturated rings. The molecule has 0 aliphatic heterocycles. The van der Waals surface area contributed by atoms with Crippen LogP contribution in [0.5, 0.6) is 5.75 Å².